The fourth-order valence-electron chi connectivity index (χ4n) is 1.86. The average molecular weight is 283 g/mol. The molecule has 1 rings (SSSR count). The molecule has 0 aliphatic carbocycles. The Morgan fingerprint density at radius 1 is 1.00 bits per heavy atom. The predicted octanol–water partition coefficient (Wildman–Crippen LogP) is 2.66. The molecule has 0 atom stereocenters. The maximum absolute atomic E-state index is 5.96. The minimum Gasteiger partial charge on any atom is -0.438 e. The average Bonchev–Trinajstić information content (AvgIpc) is 2.44. The Bertz CT molecular complexity index is 324. The molecule has 0 spiro atoms. The van der Waals surface area contributed by atoms with Gasteiger partial charge < -0.3 is 18.7 Å². The van der Waals surface area contributed by atoms with Gasteiger partial charge in [0, 0.05) is 12.5 Å². The largest absolute Gasteiger partial charge is 0.439 e. The van der Waals surface area contributed by atoms with E-state index in [9.17, 15) is 0 Å². The van der Waals surface area contributed by atoms with Gasteiger partial charge >= 0.3 is 14.4 Å². The molecule has 4 nitrogen and oxygen atoms in total. The van der Waals surface area contributed by atoms with Crippen LogP contribution in [0.3, 0.4) is 0 Å². The minimum atomic E-state index is -0.447. The van der Waals surface area contributed by atoms with Crippen molar-refractivity contribution in [2.75, 3.05) is 13.7 Å². The van der Waals surface area contributed by atoms with E-state index in [1.165, 1.54) is 0 Å². The van der Waals surface area contributed by atoms with E-state index < -0.39 is 7.01 Å². The van der Waals surface area contributed by atoms with Gasteiger partial charge in [0.05, 0.1) is 23.4 Å². The summed E-state index contributed by atoms with van der Waals surface area (Å²) >= 11 is 0. The van der Waals surface area contributed by atoms with Crippen LogP contribution in [0.25, 0.3) is 0 Å². The summed E-state index contributed by atoms with van der Waals surface area (Å²) in [5.41, 5.74) is -1.19. The molecule has 0 bridgehead atoms. The van der Waals surface area contributed by atoms with E-state index in [2.05, 4.69) is 13.8 Å². The van der Waals surface area contributed by atoms with Gasteiger partial charge in [0.1, 0.15) is 0 Å². The van der Waals surface area contributed by atoms with Crippen LogP contribution in [-0.4, -0.2) is 44.9 Å². The molecule has 0 N–H and O–H groups in total. The summed E-state index contributed by atoms with van der Waals surface area (Å²) in [6, 6.07) is 0. The zero-order valence-corrected chi connectivity index (χ0v) is 14.5. The van der Waals surface area contributed by atoms with E-state index in [4.69, 9.17) is 18.7 Å². The summed E-state index contributed by atoms with van der Waals surface area (Å²) < 4.78 is 23.0. The first kappa shape index (κ1) is 18.0. The molecular weight excluding hydrogens is 254 g/mol. The molecule has 0 unspecified atom stereocenters. The van der Waals surface area contributed by atoms with Crippen molar-refractivity contribution in [3.8, 4) is 0 Å². The maximum atomic E-state index is 5.96. The first-order chi connectivity index (χ1) is 8.85. The SMILES string of the molecule is COCC(C)(C)C(C)(C)O[B]B1OC(C)(C)C(C)(C)O1. The van der Waals surface area contributed by atoms with Crippen molar-refractivity contribution < 1.29 is 18.7 Å². The lowest BCUT2D eigenvalue weighted by molar-refractivity contribution is -0.0513. The summed E-state index contributed by atoms with van der Waals surface area (Å²) in [6.45, 7) is 17.1. The first-order valence-electron chi connectivity index (χ1n) is 7.20. The van der Waals surface area contributed by atoms with Crippen LogP contribution in [0.1, 0.15) is 55.4 Å². The molecule has 115 valence electrons. The molecule has 1 heterocycles. The number of hydrogen-bond acceptors (Lipinski definition) is 4. The van der Waals surface area contributed by atoms with Crippen molar-refractivity contribution >= 4 is 14.4 Å². The summed E-state index contributed by atoms with van der Waals surface area (Å²) in [7, 11) is 2.92. The van der Waals surface area contributed by atoms with Gasteiger partial charge in [-0.1, -0.05) is 13.8 Å². The van der Waals surface area contributed by atoms with E-state index in [1.54, 1.807) is 14.5 Å². The lowest BCUT2D eigenvalue weighted by Crippen LogP contribution is -2.48. The summed E-state index contributed by atoms with van der Waals surface area (Å²) in [5, 5.41) is 0. The molecule has 0 aromatic rings. The minimum absolute atomic E-state index is 0.123. The third kappa shape index (κ3) is 3.59. The topological polar surface area (TPSA) is 36.9 Å². The Hall–Kier alpha value is -0.0301. The van der Waals surface area contributed by atoms with E-state index in [-0.39, 0.29) is 22.2 Å². The van der Waals surface area contributed by atoms with Gasteiger partial charge in [-0.25, -0.2) is 0 Å². The smallest absolute Gasteiger partial charge is 0.438 e. The molecule has 1 aliphatic heterocycles. The van der Waals surface area contributed by atoms with Gasteiger partial charge in [-0.15, -0.1) is 0 Å². The first-order valence-corrected chi connectivity index (χ1v) is 7.20. The number of rotatable bonds is 6. The molecule has 1 radical (unpaired) electrons. The fraction of sp³-hybridized carbons (Fsp3) is 1.00. The molecule has 1 fully saturated rings. The lowest BCUT2D eigenvalue weighted by atomic mass is 9.55. The van der Waals surface area contributed by atoms with Crippen LogP contribution >= 0.6 is 0 Å². The Kier molecular flexibility index (Phi) is 5.08. The molecule has 0 amide bonds. The molecule has 1 saturated heterocycles. The Balaban J connectivity index is 2.61. The Labute approximate surface area is 125 Å². The van der Waals surface area contributed by atoms with Crippen molar-refractivity contribution in [2.45, 2.75) is 72.2 Å². The third-order valence-corrected chi connectivity index (χ3v) is 4.88. The Morgan fingerprint density at radius 3 is 1.85 bits per heavy atom. The second-order valence-electron chi connectivity index (χ2n) is 7.71. The Morgan fingerprint density at radius 2 is 1.45 bits per heavy atom. The van der Waals surface area contributed by atoms with Gasteiger partial charge in [0.2, 0.25) is 0 Å². The van der Waals surface area contributed by atoms with Crippen molar-refractivity contribution in [3.63, 3.8) is 0 Å². The van der Waals surface area contributed by atoms with E-state index >= 15 is 0 Å². The van der Waals surface area contributed by atoms with Crippen LogP contribution in [0.2, 0.25) is 0 Å². The molecule has 6 heteroatoms. The van der Waals surface area contributed by atoms with Crippen LogP contribution < -0.4 is 0 Å². The second kappa shape index (κ2) is 5.64. The van der Waals surface area contributed by atoms with Gasteiger partial charge in [0.15, 0.2) is 0 Å². The highest BCUT2D eigenvalue weighted by Crippen LogP contribution is 2.38. The molecule has 1 aliphatic rings. The van der Waals surface area contributed by atoms with Gasteiger partial charge in [-0.05, 0) is 41.5 Å². The zero-order chi connectivity index (χ0) is 15.8. The monoisotopic (exact) mass is 283 g/mol. The highest BCUT2D eigenvalue weighted by molar-refractivity contribution is 7.03. The van der Waals surface area contributed by atoms with Crippen LogP contribution in [0.5, 0.6) is 0 Å². The van der Waals surface area contributed by atoms with Crippen LogP contribution in [-0.2, 0) is 18.7 Å². The number of ether oxygens (including phenoxy) is 1. The fourth-order valence-corrected chi connectivity index (χ4v) is 1.86. The summed E-state index contributed by atoms with van der Waals surface area (Å²) in [4.78, 5) is 0. The highest BCUT2D eigenvalue weighted by Gasteiger charge is 2.52. The van der Waals surface area contributed by atoms with E-state index in [0.29, 0.717) is 6.61 Å². The summed E-state index contributed by atoms with van der Waals surface area (Å²) in [6.07, 6.45) is 0. The molecule has 0 aromatic carbocycles. The van der Waals surface area contributed by atoms with Crippen LogP contribution in [0, 0.1) is 5.41 Å². The predicted molar refractivity (Wildman–Crippen MR) is 82.7 cm³/mol. The normalized spacial score (nSPS) is 22.1. The van der Waals surface area contributed by atoms with Crippen molar-refractivity contribution in [1.29, 1.82) is 0 Å². The van der Waals surface area contributed by atoms with E-state index in [0.717, 1.165) is 0 Å². The van der Waals surface area contributed by atoms with Crippen LogP contribution in [0.15, 0.2) is 0 Å². The quantitative estimate of drug-likeness (QED) is 0.702. The second-order valence-corrected chi connectivity index (χ2v) is 7.71. The maximum Gasteiger partial charge on any atom is 0.439 e. The molecule has 0 saturated carbocycles. The van der Waals surface area contributed by atoms with E-state index in [1.807, 2.05) is 41.5 Å². The van der Waals surface area contributed by atoms with Gasteiger partial charge in [0.25, 0.3) is 0 Å². The van der Waals surface area contributed by atoms with Crippen LogP contribution in [0.4, 0.5) is 0 Å². The highest BCUT2D eigenvalue weighted by atomic mass is 16.7. The van der Waals surface area contributed by atoms with Crippen molar-refractivity contribution in [2.24, 2.45) is 5.41 Å². The van der Waals surface area contributed by atoms with Gasteiger partial charge in [-0.2, -0.15) is 0 Å². The number of hydrogen-bond donors (Lipinski definition) is 0. The zero-order valence-electron chi connectivity index (χ0n) is 14.5. The molecular formula is C14H29B2O4. The third-order valence-electron chi connectivity index (χ3n) is 4.88. The van der Waals surface area contributed by atoms with Gasteiger partial charge in [-0.3, -0.25) is 0 Å². The lowest BCUT2D eigenvalue weighted by Gasteiger charge is -2.41. The molecule has 20 heavy (non-hydrogen) atoms. The number of methoxy groups -OCH3 is 1. The van der Waals surface area contributed by atoms with Crippen molar-refractivity contribution in [3.05, 3.63) is 0 Å². The standard InChI is InChI=1S/C14H29B2O4/c1-11(2,10-17-9)12(3,4)18-15-16-19-13(5,6)14(7,8)20-16/h10H2,1-9H3. The van der Waals surface area contributed by atoms with Crippen molar-refractivity contribution in [1.82, 2.24) is 0 Å². The molecule has 0 aromatic heterocycles. The summed E-state index contributed by atoms with van der Waals surface area (Å²) in [5.74, 6) is 0.